The lowest BCUT2D eigenvalue weighted by molar-refractivity contribution is 0.142. The van der Waals surface area contributed by atoms with Crippen LogP contribution in [0.2, 0.25) is 0 Å². The molecule has 0 saturated carbocycles. The number of aromatic nitrogens is 2. The average molecular weight is 355 g/mol. The number of allylic oxidation sites excluding steroid dienone is 5. The minimum atomic E-state index is 0.262. The second-order valence-corrected chi connectivity index (χ2v) is 7.88. The van der Waals surface area contributed by atoms with Crippen molar-refractivity contribution >= 4 is 0 Å². The largest absolute Gasteiger partial charge is 0.287 e. The number of rotatable bonds is 3. The van der Waals surface area contributed by atoms with E-state index in [1.165, 1.54) is 36.1 Å². The molecule has 3 aliphatic rings. The summed E-state index contributed by atoms with van der Waals surface area (Å²) >= 11 is 0. The lowest BCUT2D eigenvalue weighted by atomic mass is 9.70. The van der Waals surface area contributed by atoms with Crippen molar-refractivity contribution < 1.29 is 0 Å². The third-order valence-electron chi connectivity index (χ3n) is 6.21. The highest BCUT2D eigenvalue weighted by molar-refractivity contribution is 5.41. The zero-order valence-corrected chi connectivity index (χ0v) is 15.5. The third-order valence-corrected chi connectivity index (χ3v) is 6.21. The molecule has 27 heavy (non-hydrogen) atoms. The van der Waals surface area contributed by atoms with E-state index in [9.17, 15) is 0 Å². The first-order valence-corrected chi connectivity index (χ1v) is 10.0. The van der Waals surface area contributed by atoms with Gasteiger partial charge in [-0.1, -0.05) is 36.4 Å². The Morgan fingerprint density at radius 2 is 2.07 bits per heavy atom. The summed E-state index contributed by atoms with van der Waals surface area (Å²) in [5, 5.41) is 0. The normalized spacial score (nSPS) is 27.3. The van der Waals surface area contributed by atoms with Crippen molar-refractivity contribution in [3.05, 3.63) is 95.6 Å². The molecule has 0 radical (unpaired) electrons. The summed E-state index contributed by atoms with van der Waals surface area (Å²) in [7, 11) is 0. The highest BCUT2D eigenvalue weighted by Crippen LogP contribution is 2.47. The highest BCUT2D eigenvalue weighted by atomic mass is 15.2. The van der Waals surface area contributed by atoms with Gasteiger partial charge in [-0.05, 0) is 66.0 Å². The zero-order valence-electron chi connectivity index (χ0n) is 15.5. The molecule has 0 amide bonds. The summed E-state index contributed by atoms with van der Waals surface area (Å²) in [5.41, 5.74) is 5.50. The number of hydrogen-bond acceptors (Lipinski definition) is 3. The molecule has 136 valence electrons. The molecule has 0 bridgehead atoms. The molecule has 1 fully saturated rings. The van der Waals surface area contributed by atoms with Crippen molar-refractivity contribution in [1.29, 1.82) is 0 Å². The van der Waals surface area contributed by atoms with Gasteiger partial charge in [-0.25, -0.2) is 0 Å². The molecular weight excluding hydrogens is 330 g/mol. The van der Waals surface area contributed by atoms with Crippen LogP contribution in [0, 0.1) is 11.8 Å². The predicted octanol–water partition coefficient (Wildman–Crippen LogP) is 4.87. The van der Waals surface area contributed by atoms with Gasteiger partial charge in [0.25, 0.3) is 0 Å². The van der Waals surface area contributed by atoms with Gasteiger partial charge in [0.2, 0.25) is 0 Å². The number of fused-ring (bicyclic) bond motifs is 2. The smallest absolute Gasteiger partial charge is 0.0744 e. The van der Waals surface area contributed by atoms with Crippen molar-refractivity contribution in [2.24, 2.45) is 11.8 Å². The van der Waals surface area contributed by atoms with Gasteiger partial charge in [0.05, 0.1) is 11.7 Å². The molecule has 3 heterocycles. The molecule has 1 aliphatic heterocycles. The maximum Gasteiger partial charge on any atom is 0.0744 e. The van der Waals surface area contributed by atoms with Crippen LogP contribution in [0.5, 0.6) is 0 Å². The summed E-state index contributed by atoms with van der Waals surface area (Å²) in [6.07, 6.45) is 18.8. The molecule has 3 unspecified atom stereocenters. The topological polar surface area (TPSA) is 29.0 Å². The minimum absolute atomic E-state index is 0.262. The lowest BCUT2D eigenvalue weighted by Crippen LogP contribution is -2.40. The van der Waals surface area contributed by atoms with Crippen molar-refractivity contribution in [1.82, 2.24) is 14.9 Å². The fraction of sp³-hybridized carbons (Fsp3) is 0.333. The molecule has 0 spiro atoms. The fourth-order valence-electron chi connectivity index (χ4n) is 4.92. The van der Waals surface area contributed by atoms with E-state index in [0.29, 0.717) is 11.8 Å². The van der Waals surface area contributed by atoms with E-state index in [4.69, 9.17) is 4.98 Å². The molecule has 2 aromatic rings. The van der Waals surface area contributed by atoms with Crippen LogP contribution in [-0.4, -0.2) is 21.4 Å². The second kappa shape index (κ2) is 7.24. The van der Waals surface area contributed by atoms with Crippen LogP contribution in [0.4, 0.5) is 0 Å². The Bertz CT molecular complexity index is 882. The SMILES string of the molecule is C1=CCC2CC3CCN(Cc4cccnc4)C(c4ccccn4)C3=CC2=C1. The number of piperidine rings is 1. The Kier molecular flexibility index (Phi) is 4.46. The van der Waals surface area contributed by atoms with E-state index in [2.05, 4.69) is 52.4 Å². The fourth-order valence-corrected chi connectivity index (χ4v) is 4.92. The first kappa shape index (κ1) is 16.6. The Morgan fingerprint density at radius 3 is 2.93 bits per heavy atom. The average Bonchev–Trinajstić information content (AvgIpc) is 2.73. The van der Waals surface area contributed by atoms with Crippen LogP contribution in [0.15, 0.2) is 84.4 Å². The van der Waals surface area contributed by atoms with Crippen molar-refractivity contribution in [2.75, 3.05) is 6.54 Å². The van der Waals surface area contributed by atoms with Gasteiger partial charge in [-0.3, -0.25) is 14.9 Å². The predicted molar refractivity (Wildman–Crippen MR) is 108 cm³/mol. The first-order chi connectivity index (χ1) is 13.4. The van der Waals surface area contributed by atoms with Crippen molar-refractivity contribution in [2.45, 2.75) is 31.8 Å². The standard InChI is InChI=1S/C24H25N3/c1-2-8-20-15-22-21(14-19(20)7-1)10-13-27(17-18-6-5-11-25-16-18)24(22)23-9-3-4-12-26-23/h1-6,8-9,11-12,15-16,19,21,24H,7,10,13-14,17H2. The van der Waals surface area contributed by atoms with E-state index >= 15 is 0 Å². The van der Waals surface area contributed by atoms with Gasteiger partial charge in [-0.2, -0.15) is 0 Å². The van der Waals surface area contributed by atoms with E-state index in [1.54, 1.807) is 5.57 Å². The van der Waals surface area contributed by atoms with Gasteiger partial charge in [0.15, 0.2) is 0 Å². The minimum Gasteiger partial charge on any atom is -0.287 e. The van der Waals surface area contributed by atoms with E-state index in [1.807, 2.05) is 30.7 Å². The molecular formula is C24H25N3. The van der Waals surface area contributed by atoms with Crippen LogP contribution in [0.3, 0.4) is 0 Å². The molecule has 3 heteroatoms. The summed E-state index contributed by atoms with van der Waals surface area (Å²) in [6.45, 7) is 2.03. The summed E-state index contributed by atoms with van der Waals surface area (Å²) in [4.78, 5) is 11.7. The third kappa shape index (κ3) is 3.28. The monoisotopic (exact) mass is 355 g/mol. The maximum absolute atomic E-state index is 4.76. The first-order valence-electron chi connectivity index (χ1n) is 10.0. The van der Waals surface area contributed by atoms with Crippen LogP contribution in [0.1, 0.15) is 36.6 Å². The van der Waals surface area contributed by atoms with E-state index in [-0.39, 0.29) is 6.04 Å². The van der Waals surface area contributed by atoms with Crippen molar-refractivity contribution in [3.8, 4) is 0 Å². The zero-order chi connectivity index (χ0) is 18.1. The van der Waals surface area contributed by atoms with E-state index in [0.717, 1.165) is 13.1 Å². The number of pyridine rings is 2. The molecule has 2 aliphatic carbocycles. The van der Waals surface area contributed by atoms with Crippen molar-refractivity contribution in [3.63, 3.8) is 0 Å². The molecule has 3 atom stereocenters. The highest BCUT2D eigenvalue weighted by Gasteiger charge is 2.38. The second-order valence-electron chi connectivity index (χ2n) is 7.88. The lowest BCUT2D eigenvalue weighted by Gasteiger charge is -2.45. The summed E-state index contributed by atoms with van der Waals surface area (Å²) in [6, 6.07) is 10.8. The molecule has 2 aromatic heterocycles. The van der Waals surface area contributed by atoms with Crippen LogP contribution < -0.4 is 0 Å². The molecule has 0 aromatic carbocycles. The Morgan fingerprint density at radius 1 is 1.07 bits per heavy atom. The Labute approximate surface area is 161 Å². The molecule has 0 N–H and O–H groups in total. The number of hydrogen-bond donors (Lipinski definition) is 0. The van der Waals surface area contributed by atoms with Gasteiger partial charge < -0.3 is 0 Å². The van der Waals surface area contributed by atoms with Crippen LogP contribution >= 0.6 is 0 Å². The molecule has 1 saturated heterocycles. The van der Waals surface area contributed by atoms with Gasteiger partial charge in [-0.15, -0.1) is 0 Å². The van der Waals surface area contributed by atoms with E-state index < -0.39 is 0 Å². The molecule has 3 nitrogen and oxygen atoms in total. The molecule has 5 rings (SSSR count). The van der Waals surface area contributed by atoms with Crippen LogP contribution in [-0.2, 0) is 6.54 Å². The maximum atomic E-state index is 4.76. The van der Waals surface area contributed by atoms with Gasteiger partial charge in [0.1, 0.15) is 0 Å². The Balaban J connectivity index is 1.54. The number of likely N-dealkylation sites (tertiary alicyclic amines) is 1. The van der Waals surface area contributed by atoms with Gasteiger partial charge in [0, 0.05) is 31.7 Å². The summed E-state index contributed by atoms with van der Waals surface area (Å²) < 4.78 is 0. The summed E-state index contributed by atoms with van der Waals surface area (Å²) in [5.74, 6) is 1.38. The number of nitrogens with zero attached hydrogens (tertiary/aromatic N) is 3. The van der Waals surface area contributed by atoms with Crippen LogP contribution in [0.25, 0.3) is 0 Å². The quantitative estimate of drug-likeness (QED) is 0.786. The Hall–Kier alpha value is -2.52. The van der Waals surface area contributed by atoms with Gasteiger partial charge >= 0.3 is 0 Å².